The number of carbonyl (C=O) groups excluding carboxylic acids is 1. The first kappa shape index (κ1) is 15.6. The van der Waals surface area contributed by atoms with Gasteiger partial charge in [0.2, 0.25) is 5.91 Å². The molecule has 1 aromatic rings. The molecule has 0 saturated heterocycles. The van der Waals surface area contributed by atoms with Crippen LogP contribution in [0, 0.1) is 0 Å². The van der Waals surface area contributed by atoms with Crippen LogP contribution in [-0.4, -0.2) is 57.1 Å². The van der Waals surface area contributed by atoms with Gasteiger partial charge in [-0.25, -0.2) is 0 Å². The van der Waals surface area contributed by atoms with Crippen LogP contribution in [0.25, 0.3) is 0 Å². The summed E-state index contributed by atoms with van der Waals surface area (Å²) in [5.74, 6) is 1.11. The van der Waals surface area contributed by atoms with Gasteiger partial charge in [0, 0.05) is 25.4 Å². The van der Waals surface area contributed by atoms with Crippen molar-refractivity contribution in [2.75, 3.05) is 45.3 Å². The smallest absolute Gasteiger partial charge is 0.238 e. The number of ether oxygens (including phenoxy) is 3. The molecule has 0 saturated carbocycles. The molecule has 1 aromatic carbocycles. The fraction of sp³-hybridized carbons (Fsp3) is 0.500. The molecule has 7 nitrogen and oxygen atoms in total. The van der Waals surface area contributed by atoms with E-state index in [4.69, 9.17) is 14.2 Å². The average molecular weight is 296 g/mol. The summed E-state index contributed by atoms with van der Waals surface area (Å²) < 4.78 is 15.6. The molecule has 21 heavy (non-hydrogen) atoms. The van der Waals surface area contributed by atoms with E-state index in [9.17, 15) is 9.90 Å². The molecule has 1 atom stereocenters. The van der Waals surface area contributed by atoms with E-state index in [-0.39, 0.29) is 19.1 Å². The van der Waals surface area contributed by atoms with Crippen molar-refractivity contribution >= 4 is 11.6 Å². The number of benzene rings is 1. The van der Waals surface area contributed by atoms with Gasteiger partial charge in [-0.2, -0.15) is 0 Å². The van der Waals surface area contributed by atoms with E-state index >= 15 is 0 Å². The van der Waals surface area contributed by atoms with Gasteiger partial charge in [-0.1, -0.05) is 0 Å². The van der Waals surface area contributed by atoms with Crippen LogP contribution >= 0.6 is 0 Å². The van der Waals surface area contributed by atoms with Crippen LogP contribution < -0.4 is 20.1 Å². The lowest BCUT2D eigenvalue weighted by atomic mass is 10.2. The van der Waals surface area contributed by atoms with Gasteiger partial charge >= 0.3 is 0 Å². The Morgan fingerprint density at radius 3 is 2.90 bits per heavy atom. The Morgan fingerprint density at radius 1 is 1.38 bits per heavy atom. The Morgan fingerprint density at radius 2 is 2.14 bits per heavy atom. The van der Waals surface area contributed by atoms with Gasteiger partial charge in [-0.05, 0) is 12.1 Å². The maximum atomic E-state index is 11.8. The van der Waals surface area contributed by atoms with E-state index in [2.05, 4.69) is 10.6 Å². The molecular weight excluding hydrogens is 276 g/mol. The number of anilines is 1. The van der Waals surface area contributed by atoms with E-state index in [1.165, 1.54) is 7.11 Å². The molecule has 2 rings (SSSR count). The van der Waals surface area contributed by atoms with Crippen molar-refractivity contribution in [1.29, 1.82) is 0 Å². The molecule has 3 N–H and O–H groups in total. The SMILES string of the molecule is COCC(O)CNCC(=O)Nc1ccc2c(c1)OCCO2. The summed E-state index contributed by atoms with van der Waals surface area (Å²) >= 11 is 0. The number of fused-ring (bicyclic) bond motifs is 1. The third kappa shape index (κ3) is 4.89. The van der Waals surface area contributed by atoms with Gasteiger partial charge in [0.25, 0.3) is 0 Å². The third-order valence-corrected chi connectivity index (χ3v) is 2.85. The Balaban J connectivity index is 1.77. The van der Waals surface area contributed by atoms with E-state index < -0.39 is 6.10 Å². The van der Waals surface area contributed by atoms with Crippen LogP contribution in [0.1, 0.15) is 0 Å². The highest BCUT2D eigenvalue weighted by atomic mass is 16.6. The molecule has 0 aromatic heterocycles. The Kier molecular flexibility index (Phi) is 5.79. The quantitative estimate of drug-likeness (QED) is 0.656. The first-order valence-corrected chi connectivity index (χ1v) is 6.76. The predicted octanol–water partition coefficient (Wildman–Crippen LogP) is -0.00680. The van der Waals surface area contributed by atoms with Crippen LogP contribution in [0.3, 0.4) is 0 Å². The van der Waals surface area contributed by atoms with Crippen molar-refractivity contribution in [2.45, 2.75) is 6.10 Å². The summed E-state index contributed by atoms with van der Waals surface area (Å²) in [5, 5.41) is 15.0. The molecule has 7 heteroatoms. The van der Waals surface area contributed by atoms with Crippen molar-refractivity contribution in [3.8, 4) is 11.5 Å². The molecule has 116 valence electrons. The minimum Gasteiger partial charge on any atom is -0.486 e. The first-order chi connectivity index (χ1) is 10.2. The normalized spacial score (nSPS) is 14.6. The zero-order valence-electron chi connectivity index (χ0n) is 11.9. The van der Waals surface area contributed by atoms with Crippen molar-refractivity contribution in [2.24, 2.45) is 0 Å². The largest absolute Gasteiger partial charge is 0.486 e. The number of aliphatic hydroxyl groups is 1. The summed E-state index contributed by atoms with van der Waals surface area (Å²) in [5.41, 5.74) is 0.642. The maximum absolute atomic E-state index is 11.8. The summed E-state index contributed by atoms with van der Waals surface area (Å²) in [7, 11) is 1.51. The van der Waals surface area contributed by atoms with E-state index in [1.54, 1.807) is 18.2 Å². The highest BCUT2D eigenvalue weighted by molar-refractivity contribution is 5.92. The summed E-state index contributed by atoms with van der Waals surface area (Å²) in [6.07, 6.45) is -0.628. The second kappa shape index (κ2) is 7.82. The number of amides is 1. The fourth-order valence-electron chi connectivity index (χ4n) is 1.93. The lowest BCUT2D eigenvalue weighted by Crippen LogP contribution is -2.35. The standard InChI is InChI=1S/C14H20N2O5/c1-19-9-11(17)7-15-8-14(18)16-10-2-3-12-13(6-10)21-5-4-20-12/h2-3,6,11,15,17H,4-5,7-9H2,1H3,(H,16,18). The molecule has 1 heterocycles. The maximum Gasteiger partial charge on any atom is 0.238 e. The van der Waals surface area contributed by atoms with E-state index in [0.29, 0.717) is 36.9 Å². The highest BCUT2D eigenvalue weighted by Crippen LogP contribution is 2.32. The summed E-state index contributed by atoms with van der Waals surface area (Å²) in [6.45, 7) is 1.67. The van der Waals surface area contributed by atoms with Gasteiger partial charge in [0.1, 0.15) is 13.2 Å². The molecule has 1 amide bonds. The lowest BCUT2D eigenvalue weighted by Gasteiger charge is -2.19. The Labute approximate surface area is 123 Å². The minimum absolute atomic E-state index is 0.106. The molecule has 1 aliphatic rings. The third-order valence-electron chi connectivity index (χ3n) is 2.85. The molecule has 0 aliphatic carbocycles. The van der Waals surface area contributed by atoms with Crippen LogP contribution in [0.4, 0.5) is 5.69 Å². The number of nitrogens with one attached hydrogen (secondary N) is 2. The van der Waals surface area contributed by atoms with Crippen LogP contribution in [0.15, 0.2) is 18.2 Å². The molecule has 0 spiro atoms. The van der Waals surface area contributed by atoms with Crippen molar-refractivity contribution in [1.82, 2.24) is 5.32 Å². The molecule has 1 unspecified atom stereocenters. The van der Waals surface area contributed by atoms with Gasteiger partial charge in [-0.3, -0.25) is 4.79 Å². The fourth-order valence-corrected chi connectivity index (χ4v) is 1.93. The van der Waals surface area contributed by atoms with Crippen molar-refractivity contribution in [3.05, 3.63) is 18.2 Å². The van der Waals surface area contributed by atoms with Gasteiger partial charge < -0.3 is 30.0 Å². The summed E-state index contributed by atoms with van der Waals surface area (Å²) in [6, 6.07) is 5.25. The van der Waals surface area contributed by atoms with Crippen LogP contribution in [-0.2, 0) is 9.53 Å². The average Bonchev–Trinajstić information content (AvgIpc) is 2.47. The van der Waals surface area contributed by atoms with Crippen LogP contribution in [0.5, 0.6) is 11.5 Å². The van der Waals surface area contributed by atoms with Crippen LogP contribution in [0.2, 0.25) is 0 Å². The number of hydrogen-bond acceptors (Lipinski definition) is 6. The predicted molar refractivity (Wildman–Crippen MR) is 76.8 cm³/mol. The van der Waals surface area contributed by atoms with Gasteiger partial charge in [0.15, 0.2) is 11.5 Å². The Bertz CT molecular complexity index is 480. The molecule has 0 radical (unpaired) electrons. The molecule has 0 fully saturated rings. The lowest BCUT2D eigenvalue weighted by molar-refractivity contribution is -0.115. The van der Waals surface area contributed by atoms with Crippen molar-refractivity contribution < 1.29 is 24.1 Å². The second-order valence-corrected chi connectivity index (χ2v) is 4.65. The summed E-state index contributed by atoms with van der Waals surface area (Å²) in [4.78, 5) is 11.8. The van der Waals surface area contributed by atoms with E-state index in [1.807, 2.05) is 0 Å². The zero-order valence-corrected chi connectivity index (χ0v) is 11.9. The van der Waals surface area contributed by atoms with Crippen molar-refractivity contribution in [3.63, 3.8) is 0 Å². The first-order valence-electron chi connectivity index (χ1n) is 6.76. The number of rotatable bonds is 7. The minimum atomic E-state index is -0.628. The second-order valence-electron chi connectivity index (χ2n) is 4.65. The molecule has 0 bridgehead atoms. The topological polar surface area (TPSA) is 89.1 Å². The monoisotopic (exact) mass is 296 g/mol. The highest BCUT2D eigenvalue weighted by Gasteiger charge is 2.12. The number of aliphatic hydroxyl groups excluding tert-OH is 1. The zero-order chi connectivity index (χ0) is 15.1. The Hall–Kier alpha value is -1.83. The van der Waals surface area contributed by atoms with E-state index in [0.717, 1.165) is 0 Å². The molecular formula is C14H20N2O5. The number of hydrogen-bond donors (Lipinski definition) is 3. The van der Waals surface area contributed by atoms with Gasteiger partial charge in [-0.15, -0.1) is 0 Å². The number of carbonyl (C=O) groups is 1. The number of methoxy groups -OCH3 is 1. The van der Waals surface area contributed by atoms with Gasteiger partial charge in [0.05, 0.1) is 19.3 Å². The molecule has 1 aliphatic heterocycles.